The number of aryl methyl sites for hydroxylation is 1. The fourth-order valence-corrected chi connectivity index (χ4v) is 0.947. The number of hydrogen-bond donors (Lipinski definition) is 0. The smallest absolute Gasteiger partial charge is 0.133 e. The number of carbonyl (C=O) groups excluding carboxylic acids is 1. The summed E-state index contributed by atoms with van der Waals surface area (Å²) < 4.78 is 5.35. The van der Waals surface area contributed by atoms with E-state index in [4.69, 9.17) is 4.74 Å². The van der Waals surface area contributed by atoms with Gasteiger partial charge in [0.1, 0.15) is 11.5 Å². The van der Waals surface area contributed by atoms with Crippen molar-refractivity contribution in [3.8, 4) is 5.75 Å². The number of benzene rings is 1. The second kappa shape index (κ2) is 8.04. The van der Waals surface area contributed by atoms with Gasteiger partial charge in [-0.05, 0) is 26.0 Å². The van der Waals surface area contributed by atoms with E-state index in [1.807, 2.05) is 45.0 Å². The number of ether oxygens (including phenoxy) is 1. The molecule has 0 saturated heterocycles. The lowest BCUT2D eigenvalue weighted by Crippen LogP contribution is -2.02. The minimum absolute atomic E-state index is 0.159. The van der Waals surface area contributed by atoms with Crippen molar-refractivity contribution in [1.29, 1.82) is 0 Å². The number of ketones is 1. The second-order valence-electron chi connectivity index (χ2n) is 3.11. The first-order valence-corrected chi connectivity index (χ1v) is 5.37. The van der Waals surface area contributed by atoms with Crippen molar-refractivity contribution >= 4 is 5.78 Å². The number of carbonyl (C=O) groups is 1. The number of hydrogen-bond acceptors (Lipinski definition) is 2. The minimum atomic E-state index is 0.159. The van der Waals surface area contributed by atoms with Crippen LogP contribution in [0.2, 0.25) is 0 Å². The third kappa shape index (κ3) is 6.72. The van der Waals surface area contributed by atoms with Crippen LogP contribution in [0.4, 0.5) is 0 Å². The fraction of sp³-hybridized carbons (Fsp3) is 0.462. The van der Waals surface area contributed by atoms with E-state index in [0.717, 1.165) is 5.75 Å². The predicted molar refractivity (Wildman–Crippen MR) is 63.3 cm³/mol. The molecular weight excluding hydrogens is 188 g/mol. The predicted octanol–water partition coefficient (Wildman–Crippen LogP) is 3.38. The third-order valence-corrected chi connectivity index (χ3v) is 1.74. The molecule has 0 unspecified atom stereocenters. The Hall–Kier alpha value is -1.31. The van der Waals surface area contributed by atoms with E-state index in [1.54, 1.807) is 6.92 Å². The van der Waals surface area contributed by atoms with Gasteiger partial charge in [0.2, 0.25) is 0 Å². The van der Waals surface area contributed by atoms with Crippen molar-refractivity contribution in [2.24, 2.45) is 0 Å². The van der Waals surface area contributed by atoms with Gasteiger partial charge in [0, 0.05) is 6.42 Å². The zero-order chi connectivity index (χ0) is 11.7. The molecule has 0 N–H and O–H groups in total. The lowest BCUT2D eigenvalue weighted by molar-refractivity contribution is -0.117. The van der Waals surface area contributed by atoms with Crippen LogP contribution in [-0.4, -0.2) is 12.4 Å². The average molecular weight is 208 g/mol. The first-order valence-electron chi connectivity index (χ1n) is 5.37. The molecule has 0 aromatic heterocycles. The Kier molecular flexibility index (Phi) is 7.33. The molecule has 2 heteroatoms. The van der Waals surface area contributed by atoms with Gasteiger partial charge in [-0.1, -0.05) is 31.5 Å². The molecule has 0 atom stereocenters. The maximum atomic E-state index is 10.6. The summed E-state index contributed by atoms with van der Waals surface area (Å²) in [6, 6.07) is 7.80. The van der Waals surface area contributed by atoms with E-state index in [-0.39, 0.29) is 5.78 Å². The van der Waals surface area contributed by atoms with Gasteiger partial charge in [0.15, 0.2) is 0 Å². The lowest BCUT2D eigenvalue weighted by atomic mass is 10.2. The third-order valence-electron chi connectivity index (χ3n) is 1.74. The molecular formula is C13H20O2. The highest BCUT2D eigenvalue weighted by atomic mass is 16.5. The summed E-state index contributed by atoms with van der Waals surface area (Å²) in [5, 5.41) is 0. The molecule has 0 aliphatic rings. The molecule has 0 heterocycles. The summed E-state index contributed by atoms with van der Waals surface area (Å²) in [4.78, 5) is 10.6. The Morgan fingerprint density at radius 1 is 1.20 bits per heavy atom. The molecule has 1 rings (SSSR count). The van der Waals surface area contributed by atoms with Crippen molar-refractivity contribution in [1.82, 2.24) is 0 Å². The first-order chi connectivity index (χ1) is 7.18. The van der Waals surface area contributed by atoms with E-state index in [0.29, 0.717) is 13.0 Å². The SMILES string of the molecule is CC.CC(=O)CCOc1ccc(C)cc1. The topological polar surface area (TPSA) is 26.3 Å². The van der Waals surface area contributed by atoms with Crippen molar-refractivity contribution < 1.29 is 9.53 Å². The molecule has 15 heavy (non-hydrogen) atoms. The van der Waals surface area contributed by atoms with Crippen LogP contribution in [0, 0.1) is 6.92 Å². The maximum Gasteiger partial charge on any atom is 0.133 e. The second-order valence-corrected chi connectivity index (χ2v) is 3.11. The standard InChI is InChI=1S/C11H14O2.C2H6/c1-9-3-5-11(6-4-9)13-8-7-10(2)12;1-2/h3-6H,7-8H2,1-2H3;1-2H3. The van der Waals surface area contributed by atoms with Gasteiger partial charge in [0.25, 0.3) is 0 Å². The van der Waals surface area contributed by atoms with E-state index < -0.39 is 0 Å². The molecule has 0 amide bonds. The Bertz CT molecular complexity index is 275. The molecule has 0 radical (unpaired) electrons. The molecule has 0 spiro atoms. The number of rotatable bonds is 4. The molecule has 0 aliphatic carbocycles. The Balaban J connectivity index is 0.000000921. The van der Waals surface area contributed by atoms with Crippen LogP contribution in [0.15, 0.2) is 24.3 Å². The summed E-state index contributed by atoms with van der Waals surface area (Å²) in [5.41, 5.74) is 1.21. The van der Waals surface area contributed by atoms with Crippen LogP contribution in [0.5, 0.6) is 5.75 Å². The van der Waals surface area contributed by atoms with E-state index >= 15 is 0 Å². The van der Waals surface area contributed by atoms with Crippen LogP contribution < -0.4 is 4.74 Å². The summed E-state index contributed by atoms with van der Waals surface area (Å²) in [6.07, 6.45) is 0.480. The minimum Gasteiger partial charge on any atom is -0.493 e. The van der Waals surface area contributed by atoms with Gasteiger partial charge in [-0.3, -0.25) is 4.79 Å². The van der Waals surface area contributed by atoms with Crippen LogP contribution >= 0.6 is 0 Å². The largest absolute Gasteiger partial charge is 0.493 e. The molecule has 0 bridgehead atoms. The van der Waals surface area contributed by atoms with Gasteiger partial charge in [-0.15, -0.1) is 0 Å². The molecule has 0 fully saturated rings. The van der Waals surface area contributed by atoms with Crippen LogP contribution in [0.1, 0.15) is 32.8 Å². The lowest BCUT2D eigenvalue weighted by Gasteiger charge is -2.04. The van der Waals surface area contributed by atoms with Crippen molar-refractivity contribution in [2.45, 2.75) is 34.1 Å². The van der Waals surface area contributed by atoms with Crippen molar-refractivity contribution in [3.63, 3.8) is 0 Å². The molecule has 84 valence electrons. The normalized spacial score (nSPS) is 8.80. The van der Waals surface area contributed by atoms with E-state index in [2.05, 4.69) is 0 Å². The summed E-state index contributed by atoms with van der Waals surface area (Å²) in [5.74, 6) is 0.985. The van der Waals surface area contributed by atoms with Gasteiger partial charge in [-0.2, -0.15) is 0 Å². The molecule has 1 aromatic rings. The van der Waals surface area contributed by atoms with Gasteiger partial charge >= 0.3 is 0 Å². The van der Waals surface area contributed by atoms with E-state index in [1.165, 1.54) is 5.56 Å². The Labute approximate surface area is 92.3 Å². The monoisotopic (exact) mass is 208 g/mol. The molecule has 0 saturated carbocycles. The Morgan fingerprint density at radius 3 is 2.20 bits per heavy atom. The quantitative estimate of drug-likeness (QED) is 0.758. The first kappa shape index (κ1) is 13.7. The number of Topliss-reactive ketones (excluding diaryl/α,β-unsaturated/α-hetero) is 1. The summed E-state index contributed by atoms with van der Waals surface area (Å²) in [7, 11) is 0. The van der Waals surface area contributed by atoms with Gasteiger partial charge in [0.05, 0.1) is 6.61 Å². The summed E-state index contributed by atoms with van der Waals surface area (Å²) >= 11 is 0. The van der Waals surface area contributed by atoms with Gasteiger partial charge < -0.3 is 4.74 Å². The zero-order valence-electron chi connectivity index (χ0n) is 10.0. The molecule has 0 aliphatic heterocycles. The maximum absolute atomic E-state index is 10.6. The zero-order valence-corrected chi connectivity index (χ0v) is 10.0. The average Bonchev–Trinajstić information content (AvgIpc) is 2.23. The van der Waals surface area contributed by atoms with Gasteiger partial charge in [-0.25, -0.2) is 0 Å². The van der Waals surface area contributed by atoms with Crippen LogP contribution in [0.25, 0.3) is 0 Å². The van der Waals surface area contributed by atoms with E-state index in [9.17, 15) is 4.79 Å². The molecule has 1 aromatic carbocycles. The van der Waals surface area contributed by atoms with Crippen LogP contribution in [0.3, 0.4) is 0 Å². The summed E-state index contributed by atoms with van der Waals surface area (Å²) in [6.45, 7) is 8.07. The highest BCUT2D eigenvalue weighted by Crippen LogP contribution is 2.11. The highest BCUT2D eigenvalue weighted by molar-refractivity contribution is 5.75. The Morgan fingerprint density at radius 2 is 1.73 bits per heavy atom. The highest BCUT2D eigenvalue weighted by Gasteiger charge is 1.95. The van der Waals surface area contributed by atoms with Crippen molar-refractivity contribution in [2.75, 3.05) is 6.61 Å². The fourth-order valence-electron chi connectivity index (χ4n) is 0.947. The van der Waals surface area contributed by atoms with Crippen LogP contribution in [-0.2, 0) is 4.79 Å². The van der Waals surface area contributed by atoms with Crippen molar-refractivity contribution in [3.05, 3.63) is 29.8 Å². The molecule has 2 nitrogen and oxygen atoms in total.